The maximum atomic E-state index is 12.5. The monoisotopic (exact) mass is 344 g/mol. The summed E-state index contributed by atoms with van der Waals surface area (Å²) >= 11 is 0. The number of piperazine rings is 1. The molecule has 1 aromatic heterocycles. The van der Waals surface area contributed by atoms with Gasteiger partial charge in [0.05, 0.1) is 0 Å². The van der Waals surface area contributed by atoms with Crippen LogP contribution in [-0.2, 0) is 16.1 Å². The predicted molar refractivity (Wildman–Crippen MR) is 87.5 cm³/mol. The van der Waals surface area contributed by atoms with Crippen molar-refractivity contribution in [2.24, 2.45) is 0 Å². The van der Waals surface area contributed by atoms with Crippen molar-refractivity contribution in [2.75, 3.05) is 26.2 Å². The second-order valence-electron chi connectivity index (χ2n) is 5.79. The molecule has 0 saturated carbocycles. The minimum Gasteiger partial charge on any atom is -0.481 e. The molecule has 0 N–H and O–H groups in total. The van der Waals surface area contributed by atoms with Crippen LogP contribution in [-0.4, -0.2) is 74.1 Å². The van der Waals surface area contributed by atoms with Gasteiger partial charge in [0.15, 0.2) is 6.10 Å². The summed E-state index contributed by atoms with van der Waals surface area (Å²) < 4.78 is 7.06. The van der Waals surface area contributed by atoms with Gasteiger partial charge in [-0.2, -0.15) is 0 Å². The first-order chi connectivity index (χ1) is 12.1. The van der Waals surface area contributed by atoms with E-state index in [0.717, 1.165) is 0 Å². The van der Waals surface area contributed by atoms with Gasteiger partial charge in [0.2, 0.25) is 5.91 Å². The topological polar surface area (TPSA) is 93.5 Å². The lowest BCUT2D eigenvalue weighted by Gasteiger charge is -2.35. The average Bonchev–Trinajstić information content (AvgIpc) is 3.15. The molecule has 1 atom stereocenters. The molecule has 9 heteroatoms. The first-order valence-corrected chi connectivity index (χ1v) is 8.12. The third-order valence-corrected chi connectivity index (χ3v) is 4.04. The zero-order valence-corrected chi connectivity index (χ0v) is 14.0. The standard InChI is InChI=1S/C16H20N6O3/c1-13(25-14-5-3-2-4-6-14)16(24)21-9-7-20(8-10-21)15(23)11-22-12-17-18-19-22/h2-6,12-13H,7-11H2,1H3/t13-/m0/s1. The fraction of sp³-hybridized carbons (Fsp3) is 0.438. The number of para-hydroxylation sites is 1. The fourth-order valence-corrected chi connectivity index (χ4v) is 2.68. The van der Waals surface area contributed by atoms with E-state index >= 15 is 0 Å². The van der Waals surface area contributed by atoms with Crippen LogP contribution >= 0.6 is 0 Å². The van der Waals surface area contributed by atoms with Crippen LogP contribution in [0.4, 0.5) is 0 Å². The van der Waals surface area contributed by atoms with Gasteiger partial charge in [-0.05, 0) is 29.5 Å². The highest BCUT2D eigenvalue weighted by molar-refractivity contribution is 5.81. The van der Waals surface area contributed by atoms with E-state index in [1.165, 1.54) is 11.0 Å². The van der Waals surface area contributed by atoms with E-state index in [0.29, 0.717) is 31.9 Å². The fourth-order valence-electron chi connectivity index (χ4n) is 2.68. The molecule has 1 fully saturated rings. The van der Waals surface area contributed by atoms with Crippen molar-refractivity contribution in [3.8, 4) is 5.75 Å². The number of nitrogens with zero attached hydrogens (tertiary/aromatic N) is 6. The Morgan fingerprint density at radius 3 is 2.44 bits per heavy atom. The third-order valence-electron chi connectivity index (χ3n) is 4.04. The first kappa shape index (κ1) is 16.9. The number of rotatable bonds is 5. The number of aromatic nitrogens is 4. The highest BCUT2D eigenvalue weighted by Gasteiger charge is 2.27. The smallest absolute Gasteiger partial charge is 0.263 e. The van der Waals surface area contributed by atoms with Gasteiger partial charge in [0.1, 0.15) is 18.6 Å². The van der Waals surface area contributed by atoms with E-state index in [4.69, 9.17) is 4.74 Å². The summed E-state index contributed by atoms with van der Waals surface area (Å²) in [6.45, 7) is 3.81. The molecule has 2 amide bonds. The molecule has 9 nitrogen and oxygen atoms in total. The van der Waals surface area contributed by atoms with Crippen molar-refractivity contribution in [1.82, 2.24) is 30.0 Å². The summed E-state index contributed by atoms with van der Waals surface area (Å²) in [4.78, 5) is 28.1. The zero-order valence-electron chi connectivity index (χ0n) is 14.0. The molecular weight excluding hydrogens is 324 g/mol. The number of ether oxygens (including phenoxy) is 1. The summed E-state index contributed by atoms with van der Waals surface area (Å²) in [6, 6.07) is 9.26. The highest BCUT2D eigenvalue weighted by atomic mass is 16.5. The Morgan fingerprint density at radius 2 is 1.80 bits per heavy atom. The van der Waals surface area contributed by atoms with Gasteiger partial charge in [-0.3, -0.25) is 9.59 Å². The first-order valence-electron chi connectivity index (χ1n) is 8.12. The van der Waals surface area contributed by atoms with Crippen molar-refractivity contribution in [2.45, 2.75) is 19.6 Å². The Bertz CT molecular complexity index is 698. The molecule has 25 heavy (non-hydrogen) atoms. The molecule has 2 heterocycles. The lowest BCUT2D eigenvalue weighted by molar-refractivity contribution is -0.144. The minimum absolute atomic E-state index is 0.0621. The van der Waals surface area contributed by atoms with Crippen molar-refractivity contribution < 1.29 is 14.3 Å². The Kier molecular flexibility index (Phi) is 5.22. The summed E-state index contributed by atoms with van der Waals surface area (Å²) in [5.41, 5.74) is 0. The molecule has 2 aromatic rings. The van der Waals surface area contributed by atoms with Crippen LogP contribution in [0.2, 0.25) is 0 Å². The quantitative estimate of drug-likeness (QED) is 0.746. The van der Waals surface area contributed by atoms with Gasteiger partial charge in [-0.25, -0.2) is 4.68 Å². The lowest BCUT2D eigenvalue weighted by Crippen LogP contribution is -2.53. The Balaban J connectivity index is 1.48. The van der Waals surface area contributed by atoms with Gasteiger partial charge < -0.3 is 14.5 Å². The lowest BCUT2D eigenvalue weighted by atomic mass is 10.2. The van der Waals surface area contributed by atoms with Crippen molar-refractivity contribution in [3.05, 3.63) is 36.7 Å². The largest absolute Gasteiger partial charge is 0.481 e. The second-order valence-corrected chi connectivity index (χ2v) is 5.79. The second kappa shape index (κ2) is 7.73. The van der Waals surface area contributed by atoms with Crippen LogP contribution in [0.25, 0.3) is 0 Å². The van der Waals surface area contributed by atoms with Gasteiger partial charge in [0, 0.05) is 26.2 Å². The number of hydrogen-bond acceptors (Lipinski definition) is 6. The molecule has 0 unspecified atom stereocenters. The van der Waals surface area contributed by atoms with Crippen LogP contribution in [0, 0.1) is 0 Å². The maximum absolute atomic E-state index is 12.5. The van der Waals surface area contributed by atoms with Crippen molar-refractivity contribution in [1.29, 1.82) is 0 Å². The van der Waals surface area contributed by atoms with Crippen molar-refractivity contribution in [3.63, 3.8) is 0 Å². The zero-order chi connectivity index (χ0) is 17.6. The summed E-state index contributed by atoms with van der Waals surface area (Å²) in [5.74, 6) is 0.531. The number of carbonyl (C=O) groups excluding carboxylic acids is 2. The highest BCUT2D eigenvalue weighted by Crippen LogP contribution is 2.13. The number of tetrazole rings is 1. The molecular formula is C16H20N6O3. The molecule has 1 aliphatic rings. The predicted octanol–water partition coefficient (Wildman–Crippen LogP) is -0.189. The molecule has 3 rings (SSSR count). The van der Waals surface area contributed by atoms with E-state index in [9.17, 15) is 9.59 Å². The number of benzene rings is 1. The molecule has 132 valence electrons. The SMILES string of the molecule is C[C@H](Oc1ccccc1)C(=O)N1CCN(C(=O)Cn2cnnn2)CC1. The third kappa shape index (κ3) is 4.31. The van der Waals surface area contributed by atoms with E-state index in [1.54, 1.807) is 16.7 Å². The molecule has 0 radical (unpaired) electrons. The van der Waals surface area contributed by atoms with Gasteiger partial charge in [0.25, 0.3) is 5.91 Å². The van der Waals surface area contributed by atoms with E-state index in [2.05, 4.69) is 15.5 Å². The van der Waals surface area contributed by atoms with Crippen LogP contribution < -0.4 is 4.74 Å². The summed E-state index contributed by atoms with van der Waals surface area (Å²) in [6.07, 6.45) is 0.839. The van der Waals surface area contributed by atoms with E-state index in [-0.39, 0.29) is 18.4 Å². The normalized spacial score (nSPS) is 15.7. The van der Waals surface area contributed by atoms with Gasteiger partial charge >= 0.3 is 0 Å². The van der Waals surface area contributed by atoms with Crippen LogP contribution in [0.1, 0.15) is 6.92 Å². The number of carbonyl (C=O) groups is 2. The Morgan fingerprint density at radius 1 is 1.12 bits per heavy atom. The summed E-state index contributed by atoms with van der Waals surface area (Å²) in [5, 5.41) is 10.7. The number of hydrogen-bond donors (Lipinski definition) is 0. The number of amides is 2. The van der Waals surface area contributed by atoms with Crippen LogP contribution in [0.15, 0.2) is 36.7 Å². The van der Waals surface area contributed by atoms with Gasteiger partial charge in [-0.1, -0.05) is 18.2 Å². The summed E-state index contributed by atoms with van der Waals surface area (Å²) in [7, 11) is 0. The minimum atomic E-state index is -0.564. The van der Waals surface area contributed by atoms with E-state index < -0.39 is 6.10 Å². The maximum Gasteiger partial charge on any atom is 0.263 e. The Labute approximate surface area is 145 Å². The van der Waals surface area contributed by atoms with Crippen molar-refractivity contribution >= 4 is 11.8 Å². The van der Waals surface area contributed by atoms with Crippen LogP contribution in [0.3, 0.4) is 0 Å². The molecule has 1 saturated heterocycles. The average molecular weight is 344 g/mol. The molecule has 0 aliphatic carbocycles. The molecule has 0 bridgehead atoms. The Hall–Kier alpha value is -2.97. The van der Waals surface area contributed by atoms with E-state index in [1.807, 2.05) is 30.3 Å². The van der Waals surface area contributed by atoms with Gasteiger partial charge in [-0.15, -0.1) is 5.10 Å². The molecule has 0 spiro atoms. The molecule has 1 aromatic carbocycles. The molecule has 1 aliphatic heterocycles. The van der Waals surface area contributed by atoms with Crippen LogP contribution in [0.5, 0.6) is 5.75 Å².